The lowest BCUT2D eigenvalue weighted by molar-refractivity contribution is -0.136. The van der Waals surface area contributed by atoms with Crippen LogP contribution in [0.4, 0.5) is 5.82 Å². The van der Waals surface area contributed by atoms with E-state index in [1.807, 2.05) is 42.5 Å². The normalized spacial score (nSPS) is 16.6. The molecule has 1 aromatic heterocycles. The molecular weight excluding hydrogens is 1060 g/mol. The maximum atomic E-state index is 14.5. The summed E-state index contributed by atoms with van der Waals surface area (Å²) in [5.41, 5.74) is 5.40. The van der Waals surface area contributed by atoms with Gasteiger partial charge >= 0.3 is 0 Å². The van der Waals surface area contributed by atoms with Crippen molar-refractivity contribution in [1.29, 1.82) is 0 Å². The number of ketones is 1. The Labute approximate surface area is 467 Å². The molecule has 2 unspecified atom stereocenters. The van der Waals surface area contributed by atoms with E-state index in [1.165, 1.54) is 22.4 Å². The number of carbonyl (C=O) groups is 6. The zero-order valence-corrected chi connectivity index (χ0v) is 45.2. The van der Waals surface area contributed by atoms with Crippen molar-refractivity contribution in [2.45, 2.75) is 69.7 Å². The van der Waals surface area contributed by atoms with Crippen LogP contribution in [0.15, 0.2) is 115 Å². The Hall–Kier alpha value is -6.66. The van der Waals surface area contributed by atoms with Gasteiger partial charge in [0.25, 0.3) is 5.91 Å². The summed E-state index contributed by atoms with van der Waals surface area (Å²) in [7, 11) is 0. The van der Waals surface area contributed by atoms with Crippen molar-refractivity contribution < 1.29 is 33.9 Å². The maximum Gasteiger partial charge on any atom is 0.270 e. The zero-order chi connectivity index (χ0) is 54.4. The molecule has 2 atom stereocenters. The molecule has 0 radical (unpaired) electrons. The zero-order valence-electron chi connectivity index (χ0n) is 42.2. The molecule has 402 valence electrons. The maximum absolute atomic E-state index is 14.5. The summed E-state index contributed by atoms with van der Waals surface area (Å²) in [6.07, 6.45) is 5.86. The van der Waals surface area contributed by atoms with Crippen LogP contribution in [-0.2, 0) is 43.4 Å². The first-order valence-corrected chi connectivity index (χ1v) is 27.0. The summed E-state index contributed by atoms with van der Waals surface area (Å²) in [6, 6.07) is 28.0. The molecule has 20 heteroatoms. The van der Waals surface area contributed by atoms with Crippen LogP contribution in [0.3, 0.4) is 0 Å². The van der Waals surface area contributed by atoms with Crippen molar-refractivity contribution in [3.05, 3.63) is 168 Å². The number of hydrogen-bond acceptors (Lipinski definition) is 11. The topological polar surface area (TPSA) is 206 Å². The highest BCUT2D eigenvalue weighted by Crippen LogP contribution is 2.29. The van der Waals surface area contributed by atoms with Gasteiger partial charge in [0, 0.05) is 102 Å². The lowest BCUT2D eigenvalue weighted by Crippen LogP contribution is -2.57. The van der Waals surface area contributed by atoms with Gasteiger partial charge in [0.05, 0.1) is 32.2 Å². The smallest absolute Gasteiger partial charge is 0.270 e. The largest absolute Gasteiger partial charge is 0.390 e. The lowest BCUT2D eigenvalue weighted by atomic mass is 9.93. The van der Waals surface area contributed by atoms with Crippen molar-refractivity contribution in [3.63, 3.8) is 0 Å². The molecule has 4 heterocycles. The second-order valence-electron chi connectivity index (χ2n) is 19.4. The first-order valence-electron chi connectivity index (χ1n) is 25.5. The predicted molar refractivity (Wildman–Crippen MR) is 298 cm³/mol. The number of nitrogens with one attached hydrogen (secondary N) is 4. The molecule has 0 bridgehead atoms. The van der Waals surface area contributed by atoms with Crippen molar-refractivity contribution >= 4 is 99.7 Å². The van der Waals surface area contributed by atoms with Gasteiger partial charge in [0.15, 0.2) is 5.78 Å². The van der Waals surface area contributed by atoms with Gasteiger partial charge in [0.2, 0.25) is 23.6 Å². The first-order chi connectivity index (χ1) is 37.1. The van der Waals surface area contributed by atoms with Crippen LogP contribution in [0.25, 0.3) is 12.2 Å². The number of halogens is 4. The van der Waals surface area contributed by atoms with E-state index in [1.54, 1.807) is 59.5 Å². The molecule has 2 saturated heterocycles. The predicted octanol–water partition coefficient (Wildman–Crippen LogP) is 7.23. The second kappa shape index (κ2) is 27.1. The number of aliphatic hydroxyl groups is 1. The number of rotatable bonds is 21. The van der Waals surface area contributed by atoms with Gasteiger partial charge in [-0.15, -0.1) is 0 Å². The minimum Gasteiger partial charge on any atom is -0.390 e. The van der Waals surface area contributed by atoms with Crippen LogP contribution in [0.1, 0.15) is 70.4 Å². The quantitative estimate of drug-likeness (QED) is 0.0366. The minimum atomic E-state index is -1.00. The minimum absolute atomic E-state index is 0.0266. The molecule has 0 saturated carbocycles. The van der Waals surface area contributed by atoms with Crippen LogP contribution in [-0.4, -0.2) is 136 Å². The second-order valence-corrected chi connectivity index (χ2v) is 21.0. The van der Waals surface area contributed by atoms with Gasteiger partial charge in [0.1, 0.15) is 23.9 Å². The fourth-order valence-corrected chi connectivity index (χ4v) is 9.99. The Morgan fingerprint density at radius 3 is 2.03 bits per heavy atom. The van der Waals surface area contributed by atoms with Gasteiger partial charge in [-0.3, -0.25) is 33.7 Å². The van der Waals surface area contributed by atoms with Gasteiger partial charge in [-0.25, -0.2) is 9.97 Å². The fourth-order valence-electron chi connectivity index (χ4n) is 9.38. The summed E-state index contributed by atoms with van der Waals surface area (Å²) >= 11 is 25.0. The Kier molecular flexibility index (Phi) is 19.9. The highest BCUT2D eigenvalue weighted by Gasteiger charge is 2.34. The van der Waals surface area contributed by atoms with Crippen LogP contribution < -0.4 is 21.3 Å². The van der Waals surface area contributed by atoms with E-state index in [0.29, 0.717) is 74.2 Å². The third-order valence-corrected chi connectivity index (χ3v) is 14.9. The molecule has 4 aromatic carbocycles. The van der Waals surface area contributed by atoms with E-state index in [2.05, 4.69) is 48.3 Å². The molecule has 3 aliphatic rings. The lowest BCUT2D eigenvalue weighted by Gasteiger charge is -2.40. The number of aliphatic hydroxyl groups excluding tert-OH is 1. The number of anilines is 1. The molecule has 16 nitrogen and oxygen atoms in total. The number of hydrogen-bond donors (Lipinski definition) is 5. The van der Waals surface area contributed by atoms with E-state index < -0.39 is 29.9 Å². The molecule has 77 heavy (non-hydrogen) atoms. The summed E-state index contributed by atoms with van der Waals surface area (Å²) in [4.78, 5) is 94.4. The Bertz CT molecular complexity index is 2970. The molecule has 5 N–H and O–H groups in total. The van der Waals surface area contributed by atoms with Crippen LogP contribution >= 0.6 is 46.4 Å². The number of β-amino-alcohol motifs (C(OH)–C–C–N with tert-alkyl or cyclic N) is 1. The van der Waals surface area contributed by atoms with Gasteiger partial charge in [-0.05, 0) is 83.5 Å². The van der Waals surface area contributed by atoms with Gasteiger partial charge in [-0.1, -0.05) is 113 Å². The van der Waals surface area contributed by atoms with Crippen LogP contribution in [0.2, 0.25) is 20.1 Å². The third-order valence-electron chi connectivity index (χ3n) is 13.5. The molecule has 5 aromatic rings. The highest BCUT2D eigenvalue weighted by molar-refractivity contribution is 6.42. The molecular formula is C57H59Cl4N9O7. The number of carbonyl (C=O) groups excluding carboxylic acids is 6. The number of Topliss-reactive ketones (excluding diaryl/α,β-unsaturated/α-hetero) is 1. The highest BCUT2D eigenvalue weighted by atomic mass is 35.5. The summed E-state index contributed by atoms with van der Waals surface area (Å²) in [5.74, 6) is -1.41. The average molecular weight is 1120 g/mol. The molecule has 0 aliphatic carbocycles. The number of likely N-dealkylation sites (tertiary alicyclic amines) is 2. The summed E-state index contributed by atoms with van der Waals surface area (Å²) < 4.78 is 0. The van der Waals surface area contributed by atoms with Gasteiger partial charge in [-0.2, -0.15) is 0 Å². The average Bonchev–Trinajstić information content (AvgIpc) is 3.41. The number of aromatic nitrogens is 2. The first kappa shape index (κ1) is 56.5. The van der Waals surface area contributed by atoms with Crippen molar-refractivity contribution in [1.82, 2.24) is 40.6 Å². The van der Waals surface area contributed by atoms with E-state index >= 15 is 0 Å². The standard InChI is InChI=1S/C57H59Cl4N9O7/c58-45-17-15-37(24-47(45)60)22-41-30-70(31-42(55(41)75)23-38-16-18-46(59)48(61)25-38)57(77)50(26-36-8-2-1-3-9-36)67-53(73)13-6-12-52(72)62-20-7-14-54(74)69-32-43(33-69)66-51-27-49(64-35-65-51)56(76)63-28-44(71)34-68-21-19-39-10-4-5-11-40(39)29-68/h1-5,8-11,15-18,22-25,27,35,43-44,50,71H,6-7,12-14,19-21,26,28-34H2,(H,62,72)(H,63,76)(H,67,73)(H,64,65,66)/b41-22+,42-23+. The fraction of sp³-hybridized carbons (Fsp3) is 0.333. The summed E-state index contributed by atoms with van der Waals surface area (Å²) in [6.45, 7) is 3.18. The van der Waals surface area contributed by atoms with E-state index in [0.717, 1.165) is 25.1 Å². The third kappa shape index (κ3) is 16.2. The van der Waals surface area contributed by atoms with E-state index in [9.17, 15) is 33.9 Å². The van der Waals surface area contributed by atoms with Crippen LogP contribution in [0, 0.1) is 0 Å². The van der Waals surface area contributed by atoms with E-state index in [-0.39, 0.29) is 87.6 Å². The number of nitrogens with zero attached hydrogens (tertiary/aromatic N) is 5. The number of amides is 5. The molecule has 5 amide bonds. The Balaban J connectivity index is 0.757. The molecule has 8 rings (SSSR count). The van der Waals surface area contributed by atoms with Crippen molar-refractivity contribution in [3.8, 4) is 0 Å². The van der Waals surface area contributed by atoms with Gasteiger partial charge < -0.3 is 36.2 Å². The number of fused-ring (bicyclic) bond motifs is 1. The molecule has 2 fully saturated rings. The SMILES string of the molecule is O=C(CCCC(=O)NC(Cc1ccccc1)C(=O)N1C/C(=C\c2ccc(Cl)c(Cl)c2)C(=O)/C(=C/c2ccc(Cl)c(Cl)c2)C1)NCCCC(=O)N1CC(Nc2cc(C(=O)NCC(O)CN3CCc4ccccc4C3)ncn2)C1. The number of benzene rings is 4. The van der Waals surface area contributed by atoms with E-state index in [4.69, 9.17) is 46.4 Å². The van der Waals surface area contributed by atoms with Crippen molar-refractivity contribution in [2.24, 2.45) is 0 Å². The summed E-state index contributed by atoms with van der Waals surface area (Å²) in [5, 5.41) is 23.7. The Morgan fingerprint density at radius 2 is 1.35 bits per heavy atom. The number of piperidine rings is 1. The molecule has 3 aliphatic heterocycles. The monoisotopic (exact) mass is 1120 g/mol. The molecule has 0 spiro atoms. The van der Waals surface area contributed by atoms with Crippen molar-refractivity contribution in [2.75, 3.05) is 57.7 Å². The Morgan fingerprint density at radius 1 is 0.701 bits per heavy atom. The van der Waals surface area contributed by atoms with Crippen LogP contribution in [0.5, 0.6) is 0 Å².